The van der Waals surface area contributed by atoms with Crippen LogP contribution in [0.5, 0.6) is 5.75 Å². The number of phenols is 1. The largest absolute Gasteiger partial charge is 0.506 e. The maximum Gasteiger partial charge on any atom is 0.270 e. The van der Waals surface area contributed by atoms with Crippen LogP contribution in [0.1, 0.15) is 11.3 Å². The van der Waals surface area contributed by atoms with E-state index in [1.165, 1.54) is 12.1 Å². The first-order valence-corrected chi connectivity index (χ1v) is 6.65. The molecule has 5 heteroatoms. The van der Waals surface area contributed by atoms with Crippen LogP contribution in [0.15, 0.2) is 54.6 Å². The van der Waals surface area contributed by atoms with Gasteiger partial charge in [-0.3, -0.25) is 10.1 Å². The van der Waals surface area contributed by atoms with Crippen molar-refractivity contribution in [2.45, 2.75) is 0 Å². The van der Waals surface area contributed by atoms with Crippen molar-refractivity contribution in [1.29, 1.82) is 0 Å². The maximum absolute atomic E-state index is 10.8. The second-order valence-electron chi connectivity index (χ2n) is 4.77. The Labute approximate surface area is 126 Å². The molecule has 0 aliphatic rings. The molecule has 0 spiro atoms. The van der Waals surface area contributed by atoms with E-state index in [0.717, 1.165) is 5.39 Å². The fourth-order valence-corrected chi connectivity index (χ4v) is 2.16. The van der Waals surface area contributed by atoms with E-state index in [-0.39, 0.29) is 11.4 Å². The standard InChI is InChI=1S/C17H12N2O3/c20-16-6-2-4-13-8-10-14(18-17(13)16)9-7-12-3-1-5-15(11-12)19(21)22/h1-11,20H. The molecule has 108 valence electrons. The van der Waals surface area contributed by atoms with Crippen molar-refractivity contribution >= 4 is 28.7 Å². The topological polar surface area (TPSA) is 76.3 Å². The number of aromatic hydroxyl groups is 1. The van der Waals surface area contributed by atoms with Gasteiger partial charge >= 0.3 is 0 Å². The normalized spacial score (nSPS) is 11.1. The Balaban J connectivity index is 1.94. The average molecular weight is 292 g/mol. The molecule has 2 aromatic carbocycles. The predicted molar refractivity (Wildman–Crippen MR) is 85.4 cm³/mol. The Morgan fingerprint density at radius 3 is 2.68 bits per heavy atom. The van der Waals surface area contributed by atoms with E-state index in [1.54, 1.807) is 36.4 Å². The molecule has 0 bridgehead atoms. The second-order valence-corrected chi connectivity index (χ2v) is 4.77. The smallest absolute Gasteiger partial charge is 0.270 e. The molecule has 3 aromatic rings. The summed E-state index contributed by atoms with van der Waals surface area (Å²) in [5.41, 5.74) is 1.96. The highest BCUT2D eigenvalue weighted by Gasteiger charge is 2.04. The molecule has 5 nitrogen and oxygen atoms in total. The molecule has 0 amide bonds. The van der Waals surface area contributed by atoms with E-state index in [2.05, 4.69) is 4.98 Å². The number of hydrogen-bond acceptors (Lipinski definition) is 4. The second kappa shape index (κ2) is 5.65. The lowest BCUT2D eigenvalue weighted by Crippen LogP contribution is -1.87. The van der Waals surface area contributed by atoms with Crippen molar-refractivity contribution in [2.75, 3.05) is 0 Å². The van der Waals surface area contributed by atoms with Gasteiger partial charge in [-0.1, -0.05) is 36.4 Å². The van der Waals surface area contributed by atoms with Gasteiger partial charge in [0.15, 0.2) is 0 Å². The van der Waals surface area contributed by atoms with Crippen molar-refractivity contribution in [3.8, 4) is 5.75 Å². The van der Waals surface area contributed by atoms with Crippen LogP contribution in [0.2, 0.25) is 0 Å². The van der Waals surface area contributed by atoms with E-state index in [4.69, 9.17) is 0 Å². The third kappa shape index (κ3) is 2.78. The maximum atomic E-state index is 10.8. The van der Waals surface area contributed by atoms with Crippen LogP contribution in [0.25, 0.3) is 23.1 Å². The fraction of sp³-hybridized carbons (Fsp3) is 0. The number of para-hydroxylation sites is 1. The predicted octanol–water partition coefficient (Wildman–Crippen LogP) is 4.02. The van der Waals surface area contributed by atoms with Gasteiger partial charge in [0.25, 0.3) is 5.69 Å². The number of rotatable bonds is 3. The third-order valence-corrected chi connectivity index (χ3v) is 3.25. The van der Waals surface area contributed by atoms with Crippen LogP contribution in [-0.2, 0) is 0 Å². The van der Waals surface area contributed by atoms with Gasteiger partial charge in [0, 0.05) is 17.5 Å². The molecular formula is C17H12N2O3. The minimum absolute atomic E-state index is 0.0475. The van der Waals surface area contributed by atoms with Crippen LogP contribution < -0.4 is 0 Å². The van der Waals surface area contributed by atoms with Gasteiger partial charge in [-0.15, -0.1) is 0 Å². The molecule has 0 saturated heterocycles. The molecule has 1 N–H and O–H groups in total. The van der Waals surface area contributed by atoms with Gasteiger partial charge in [-0.25, -0.2) is 4.98 Å². The number of fused-ring (bicyclic) bond motifs is 1. The van der Waals surface area contributed by atoms with Gasteiger partial charge in [0.1, 0.15) is 11.3 Å². The quantitative estimate of drug-likeness (QED) is 0.584. The Hall–Kier alpha value is -3.21. The summed E-state index contributed by atoms with van der Waals surface area (Å²) in [6.45, 7) is 0. The first-order chi connectivity index (χ1) is 10.6. The molecule has 1 heterocycles. The highest BCUT2D eigenvalue weighted by atomic mass is 16.6. The summed E-state index contributed by atoms with van der Waals surface area (Å²) in [7, 11) is 0. The van der Waals surface area contributed by atoms with E-state index in [1.807, 2.05) is 18.2 Å². The van der Waals surface area contributed by atoms with Crippen molar-refractivity contribution in [3.05, 3.63) is 76.0 Å². The molecule has 0 aliphatic carbocycles. The Morgan fingerprint density at radius 1 is 1.05 bits per heavy atom. The molecule has 0 radical (unpaired) electrons. The van der Waals surface area contributed by atoms with Crippen LogP contribution in [-0.4, -0.2) is 15.0 Å². The Morgan fingerprint density at radius 2 is 1.86 bits per heavy atom. The number of nitro benzene ring substituents is 1. The van der Waals surface area contributed by atoms with Crippen LogP contribution in [0, 0.1) is 10.1 Å². The SMILES string of the molecule is O=[N+]([O-])c1cccc(C=Cc2ccc3cccc(O)c3n2)c1. The zero-order valence-corrected chi connectivity index (χ0v) is 11.5. The molecule has 22 heavy (non-hydrogen) atoms. The molecule has 0 saturated carbocycles. The number of nitrogens with zero attached hydrogens (tertiary/aromatic N) is 2. The van der Waals surface area contributed by atoms with Crippen LogP contribution >= 0.6 is 0 Å². The van der Waals surface area contributed by atoms with Crippen molar-refractivity contribution < 1.29 is 10.0 Å². The minimum atomic E-state index is -0.427. The molecule has 1 aromatic heterocycles. The van der Waals surface area contributed by atoms with Crippen molar-refractivity contribution in [1.82, 2.24) is 4.98 Å². The first-order valence-electron chi connectivity index (χ1n) is 6.65. The highest BCUT2D eigenvalue weighted by Crippen LogP contribution is 2.23. The number of phenolic OH excluding ortho intramolecular Hbond substituents is 1. The zero-order chi connectivity index (χ0) is 15.5. The van der Waals surface area contributed by atoms with E-state index in [0.29, 0.717) is 16.8 Å². The number of hydrogen-bond donors (Lipinski definition) is 1. The molecular weight excluding hydrogens is 280 g/mol. The zero-order valence-electron chi connectivity index (χ0n) is 11.5. The van der Waals surface area contributed by atoms with E-state index < -0.39 is 4.92 Å². The number of nitro groups is 1. The number of pyridine rings is 1. The molecule has 0 atom stereocenters. The summed E-state index contributed by atoms with van der Waals surface area (Å²) < 4.78 is 0. The lowest BCUT2D eigenvalue weighted by atomic mass is 10.1. The first kappa shape index (κ1) is 13.8. The highest BCUT2D eigenvalue weighted by molar-refractivity contribution is 5.85. The summed E-state index contributed by atoms with van der Waals surface area (Å²) in [5.74, 6) is 0.128. The number of non-ortho nitro benzene ring substituents is 1. The van der Waals surface area contributed by atoms with Crippen molar-refractivity contribution in [2.24, 2.45) is 0 Å². The molecule has 3 rings (SSSR count). The Bertz CT molecular complexity index is 888. The Kier molecular flexibility index (Phi) is 3.53. The van der Waals surface area contributed by atoms with Gasteiger partial charge in [0.2, 0.25) is 0 Å². The number of aromatic nitrogens is 1. The van der Waals surface area contributed by atoms with Crippen LogP contribution in [0.4, 0.5) is 5.69 Å². The monoisotopic (exact) mass is 292 g/mol. The molecule has 0 fully saturated rings. The van der Waals surface area contributed by atoms with Gasteiger partial charge in [-0.05, 0) is 23.8 Å². The summed E-state index contributed by atoms with van der Waals surface area (Å²) in [6, 6.07) is 15.3. The minimum Gasteiger partial charge on any atom is -0.506 e. The van der Waals surface area contributed by atoms with Gasteiger partial charge < -0.3 is 5.11 Å². The number of benzene rings is 2. The van der Waals surface area contributed by atoms with Gasteiger partial charge in [0.05, 0.1) is 10.6 Å². The summed E-state index contributed by atoms with van der Waals surface area (Å²) in [5, 5.41) is 21.4. The lowest BCUT2D eigenvalue weighted by molar-refractivity contribution is -0.384. The third-order valence-electron chi connectivity index (χ3n) is 3.25. The van der Waals surface area contributed by atoms with E-state index in [9.17, 15) is 15.2 Å². The van der Waals surface area contributed by atoms with Gasteiger partial charge in [-0.2, -0.15) is 0 Å². The molecule has 0 aliphatic heterocycles. The summed E-state index contributed by atoms with van der Waals surface area (Å²) in [4.78, 5) is 14.7. The molecule has 0 unspecified atom stereocenters. The summed E-state index contributed by atoms with van der Waals surface area (Å²) in [6.07, 6.45) is 3.51. The fourth-order valence-electron chi connectivity index (χ4n) is 2.16. The van der Waals surface area contributed by atoms with Crippen molar-refractivity contribution in [3.63, 3.8) is 0 Å². The van der Waals surface area contributed by atoms with Crippen LogP contribution in [0.3, 0.4) is 0 Å². The average Bonchev–Trinajstić information content (AvgIpc) is 2.54. The lowest BCUT2D eigenvalue weighted by Gasteiger charge is -2.01. The summed E-state index contributed by atoms with van der Waals surface area (Å²) >= 11 is 0. The van der Waals surface area contributed by atoms with E-state index >= 15 is 0 Å².